The zero-order valence-corrected chi connectivity index (χ0v) is 12.0. The summed E-state index contributed by atoms with van der Waals surface area (Å²) in [6, 6.07) is 0. The number of rotatable bonds is 4. The average molecular weight is 270 g/mol. The molecular formula is C15H26O4. The Hall–Kier alpha value is -0.450. The molecular weight excluding hydrogens is 244 g/mol. The molecule has 1 N–H and O–H groups in total. The summed E-state index contributed by atoms with van der Waals surface area (Å²) in [7, 11) is 3.41. The van der Waals surface area contributed by atoms with Crippen molar-refractivity contribution in [1.82, 2.24) is 0 Å². The van der Waals surface area contributed by atoms with Gasteiger partial charge in [0.1, 0.15) is 5.78 Å². The number of carbonyl (C=O) groups is 1. The van der Waals surface area contributed by atoms with Crippen molar-refractivity contribution in [2.75, 3.05) is 14.2 Å². The molecule has 0 heterocycles. The van der Waals surface area contributed by atoms with Crippen LogP contribution in [-0.4, -0.2) is 43.4 Å². The fourth-order valence-corrected chi connectivity index (χ4v) is 3.54. The molecule has 0 radical (unpaired) electrons. The van der Waals surface area contributed by atoms with E-state index < -0.39 is 6.10 Å². The molecule has 0 aromatic carbocycles. The van der Waals surface area contributed by atoms with Crippen LogP contribution in [0.25, 0.3) is 0 Å². The van der Waals surface area contributed by atoms with Gasteiger partial charge in [0.2, 0.25) is 0 Å². The fourth-order valence-electron chi connectivity index (χ4n) is 3.54. The number of methoxy groups -OCH3 is 2. The fraction of sp³-hybridized carbons (Fsp3) is 0.933. The molecule has 0 aliphatic heterocycles. The van der Waals surface area contributed by atoms with E-state index in [-0.39, 0.29) is 23.7 Å². The minimum absolute atomic E-state index is 0.114. The highest BCUT2D eigenvalue weighted by molar-refractivity contribution is 5.84. The Balaban J connectivity index is 1.86. The van der Waals surface area contributed by atoms with E-state index in [4.69, 9.17) is 9.47 Å². The first-order valence-electron chi connectivity index (χ1n) is 7.43. The van der Waals surface area contributed by atoms with Gasteiger partial charge in [0.15, 0.2) is 0 Å². The minimum atomic E-state index is -0.522. The first kappa shape index (κ1) is 14.9. The van der Waals surface area contributed by atoms with E-state index in [1.807, 2.05) is 0 Å². The maximum atomic E-state index is 12.5. The molecule has 3 atom stereocenters. The topological polar surface area (TPSA) is 55.8 Å². The number of aliphatic hydroxyl groups is 1. The van der Waals surface area contributed by atoms with Crippen LogP contribution in [0.5, 0.6) is 0 Å². The number of Topliss-reactive ketones (excluding diaryl/α,β-unsaturated/α-hetero) is 1. The third-order valence-electron chi connectivity index (χ3n) is 4.88. The number of ketones is 1. The summed E-state index contributed by atoms with van der Waals surface area (Å²) in [4.78, 5) is 12.5. The monoisotopic (exact) mass is 270 g/mol. The van der Waals surface area contributed by atoms with E-state index in [1.165, 1.54) is 0 Å². The molecule has 2 aliphatic rings. The molecule has 2 saturated carbocycles. The highest BCUT2D eigenvalue weighted by atomic mass is 16.5. The molecule has 4 heteroatoms. The first-order valence-corrected chi connectivity index (χ1v) is 7.43. The van der Waals surface area contributed by atoms with Crippen LogP contribution in [0.3, 0.4) is 0 Å². The minimum Gasteiger partial charge on any atom is -0.392 e. The maximum absolute atomic E-state index is 12.5. The molecule has 0 bridgehead atoms. The third-order valence-corrected chi connectivity index (χ3v) is 4.88. The first-order chi connectivity index (χ1) is 9.15. The van der Waals surface area contributed by atoms with Gasteiger partial charge in [-0.3, -0.25) is 4.79 Å². The standard InChI is InChI=1S/C15H26O4/c1-18-11-5-3-10(4-6-11)15(17)13-8-7-12(19-2)9-14(13)16/h10-14,16H,3-9H2,1-2H3. The van der Waals surface area contributed by atoms with E-state index in [0.717, 1.165) is 38.5 Å². The van der Waals surface area contributed by atoms with E-state index in [1.54, 1.807) is 14.2 Å². The van der Waals surface area contributed by atoms with Crippen LogP contribution in [0, 0.1) is 11.8 Å². The third kappa shape index (κ3) is 3.56. The lowest BCUT2D eigenvalue weighted by Gasteiger charge is -2.35. The van der Waals surface area contributed by atoms with Gasteiger partial charge in [-0.25, -0.2) is 0 Å². The molecule has 0 spiro atoms. The summed E-state index contributed by atoms with van der Waals surface area (Å²) in [6.07, 6.45) is 5.92. The van der Waals surface area contributed by atoms with Crippen molar-refractivity contribution in [2.45, 2.75) is 63.3 Å². The number of carbonyl (C=O) groups excluding carboxylic acids is 1. The molecule has 110 valence electrons. The number of hydrogen-bond acceptors (Lipinski definition) is 4. The van der Waals surface area contributed by atoms with E-state index in [0.29, 0.717) is 12.5 Å². The lowest BCUT2D eigenvalue weighted by molar-refractivity contribution is -0.136. The molecule has 19 heavy (non-hydrogen) atoms. The second kappa shape index (κ2) is 6.82. The summed E-state index contributed by atoms with van der Waals surface area (Å²) < 4.78 is 10.6. The van der Waals surface area contributed by atoms with Crippen molar-refractivity contribution >= 4 is 5.78 Å². The smallest absolute Gasteiger partial charge is 0.141 e. The molecule has 3 unspecified atom stereocenters. The molecule has 4 nitrogen and oxygen atoms in total. The molecule has 0 amide bonds. The highest BCUT2D eigenvalue weighted by Gasteiger charge is 2.38. The Kier molecular flexibility index (Phi) is 5.37. The van der Waals surface area contributed by atoms with Gasteiger partial charge < -0.3 is 14.6 Å². The van der Waals surface area contributed by atoms with Crippen LogP contribution in [0.2, 0.25) is 0 Å². The average Bonchev–Trinajstić information content (AvgIpc) is 2.46. The van der Waals surface area contributed by atoms with Crippen LogP contribution in [-0.2, 0) is 14.3 Å². The lowest BCUT2D eigenvalue weighted by atomic mass is 9.74. The van der Waals surface area contributed by atoms with Crippen LogP contribution >= 0.6 is 0 Å². The molecule has 2 fully saturated rings. The van der Waals surface area contributed by atoms with Gasteiger partial charge in [0.25, 0.3) is 0 Å². The van der Waals surface area contributed by atoms with E-state index in [2.05, 4.69) is 0 Å². The van der Waals surface area contributed by atoms with Gasteiger partial charge >= 0.3 is 0 Å². The second-order valence-corrected chi connectivity index (χ2v) is 5.96. The number of hydrogen-bond donors (Lipinski definition) is 1. The van der Waals surface area contributed by atoms with Crippen molar-refractivity contribution in [3.05, 3.63) is 0 Å². The molecule has 0 saturated heterocycles. The van der Waals surface area contributed by atoms with Gasteiger partial charge in [0, 0.05) is 32.5 Å². The molecule has 0 aromatic rings. The molecule has 2 rings (SSSR count). The quantitative estimate of drug-likeness (QED) is 0.848. The summed E-state index contributed by atoms with van der Waals surface area (Å²) in [5, 5.41) is 10.1. The zero-order chi connectivity index (χ0) is 13.8. The molecule has 2 aliphatic carbocycles. The Morgan fingerprint density at radius 1 is 0.947 bits per heavy atom. The Bertz CT molecular complexity index is 297. The Morgan fingerprint density at radius 3 is 2.05 bits per heavy atom. The van der Waals surface area contributed by atoms with Crippen molar-refractivity contribution in [2.24, 2.45) is 11.8 Å². The molecule has 0 aromatic heterocycles. The Morgan fingerprint density at radius 2 is 1.53 bits per heavy atom. The Labute approximate surface area is 115 Å². The summed E-state index contributed by atoms with van der Waals surface area (Å²) in [5.41, 5.74) is 0. The van der Waals surface area contributed by atoms with Crippen molar-refractivity contribution in [1.29, 1.82) is 0 Å². The number of aliphatic hydroxyl groups excluding tert-OH is 1. The summed E-state index contributed by atoms with van der Waals surface area (Å²) in [6.45, 7) is 0. The largest absolute Gasteiger partial charge is 0.392 e. The van der Waals surface area contributed by atoms with E-state index in [9.17, 15) is 9.90 Å². The normalized spacial score (nSPS) is 40.1. The van der Waals surface area contributed by atoms with Gasteiger partial charge in [-0.1, -0.05) is 0 Å². The van der Waals surface area contributed by atoms with Crippen molar-refractivity contribution in [3.8, 4) is 0 Å². The predicted molar refractivity (Wildman–Crippen MR) is 71.9 cm³/mol. The van der Waals surface area contributed by atoms with Gasteiger partial charge in [-0.15, -0.1) is 0 Å². The van der Waals surface area contributed by atoms with E-state index >= 15 is 0 Å². The second-order valence-electron chi connectivity index (χ2n) is 5.96. The van der Waals surface area contributed by atoms with Crippen LogP contribution in [0.15, 0.2) is 0 Å². The predicted octanol–water partition coefficient (Wildman–Crippen LogP) is 1.94. The van der Waals surface area contributed by atoms with Crippen LogP contribution in [0.1, 0.15) is 44.9 Å². The number of ether oxygens (including phenoxy) is 2. The van der Waals surface area contributed by atoms with Gasteiger partial charge in [0.05, 0.1) is 18.3 Å². The van der Waals surface area contributed by atoms with Gasteiger partial charge in [-0.05, 0) is 38.5 Å². The SMILES string of the molecule is COC1CCC(C(=O)C2CCC(OC)CC2O)CC1. The highest BCUT2D eigenvalue weighted by Crippen LogP contribution is 2.34. The maximum Gasteiger partial charge on any atom is 0.141 e. The zero-order valence-electron chi connectivity index (χ0n) is 12.0. The van der Waals surface area contributed by atoms with Crippen molar-refractivity contribution in [3.63, 3.8) is 0 Å². The van der Waals surface area contributed by atoms with Crippen LogP contribution in [0.4, 0.5) is 0 Å². The summed E-state index contributed by atoms with van der Waals surface area (Å²) in [5.74, 6) is 0.234. The lowest BCUT2D eigenvalue weighted by Crippen LogP contribution is -2.41. The summed E-state index contributed by atoms with van der Waals surface area (Å²) >= 11 is 0. The van der Waals surface area contributed by atoms with Crippen molar-refractivity contribution < 1.29 is 19.4 Å². The van der Waals surface area contributed by atoms with Gasteiger partial charge in [-0.2, -0.15) is 0 Å². The van der Waals surface area contributed by atoms with Crippen LogP contribution < -0.4 is 0 Å².